The minimum absolute atomic E-state index is 0.0243. The number of nitro benzene ring substituents is 1. The van der Waals surface area contributed by atoms with Crippen LogP contribution in [-0.2, 0) is 11.5 Å². The summed E-state index contributed by atoms with van der Waals surface area (Å²) in [4.78, 5) is 19.7. The highest BCUT2D eigenvalue weighted by Crippen LogP contribution is 2.29. The fraction of sp³-hybridized carbons (Fsp3) is 0.333. The Morgan fingerprint density at radius 2 is 2.09 bits per heavy atom. The van der Waals surface area contributed by atoms with Crippen LogP contribution in [0.1, 0.15) is 18.0 Å². The Kier molecular flexibility index (Phi) is 7.04. The Balaban J connectivity index is 1.60. The molecule has 0 radical (unpaired) electrons. The van der Waals surface area contributed by atoms with Gasteiger partial charge < -0.3 is 9.30 Å². The Morgan fingerprint density at radius 1 is 1.26 bits per heavy atom. The number of hydrogen-bond acceptors (Lipinski definition) is 7. The van der Waals surface area contributed by atoms with Crippen LogP contribution in [0.2, 0.25) is 25.7 Å². The molecule has 0 bridgehead atoms. The minimum atomic E-state index is -1.16. The van der Waals surface area contributed by atoms with E-state index >= 15 is 0 Å². The molecule has 1 atom stereocenters. The van der Waals surface area contributed by atoms with Crippen molar-refractivity contribution >= 4 is 24.8 Å². The monoisotopic (exact) mass is 489 g/mol. The van der Waals surface area contributed by atoms with Crippen molar-refractivity contribution in [1.29, 1.82) is 5.26 Å². The van der Waals surface area contributed by atoms with E-state index in [9.17, 15) is 15.4 Å². The summed E-state index contributed by atoms with van der Waals surface area (Å²) in [5.41, 5.74) is 2.87. The first-order valence-electron chi connectivity index (χ1n) is 11.3. The molecular formula is C24H27N7O3Si. The van der Waals surface area contributed by atoms with Gasteiger partial charge in [-0.2, -0.15) is 10.4 Å². The number of benzene rings is 1. The van der Waals surface area contributed by atoms with E-state index < -0.39 is 19.0 Å². The van der Waals surface area contributed by atoms with Crippen molar-refractivity contribution in [3.63, 3.8) is 0 Å². The largest absolute Gasteiger partial charge is 0.361 e. The molecule has 3 heterocycles. The number of rotatable bonds is 10. The molecule has 0 saturated heterocycles. The van der Waals surface area contributed by atoms with E-state index in [1.807, 2.05) is 23.0 Å². The van der Waals surface area contributed by atoms with E-state index in [0.29, 0.717) is 12.3 Å². The standard InChI is InChI=1S/C24H27N7O3Si/c1-35(2,3)12-11-34-17-29-10-8-21-23(26-16-27-24(21)29)19-14-28-30(15-19)22(7-9-25)18-5-4-6-20(13-18)31(32)33/h4-6,8,10,13-16,22H,7,11-12,17H2,1-3H3. The predicted octanol–water partition coefficient (Wildman–Crippen LogP) is 5.02. The summed E-state index contributed by atoms with van der Waals surface area (Å²) in [6.45, 7) is 8.10. The molecule has 0 saturated carbocycles. The Morgan fingerprint density at radius 3 is 2.83 bits per heavy atom. The first-order chi connectivity index (χ1) is 16.8. The minimum Gasteiger partial charge on any atom is -0.361 e. The number of ether oxygens (including phenoxy) is 1. The van der Waals surface area contributed by atoms with Crippen LogP contribution in [0, 0.1) is 21.4 Å². The molecular weight excluding hydrogens is 462 g/mol. The molecule has 35 heavy (non-hydrogen) atoms. The van der Waals surface area contributed by atoms with Gasteiger partial charge in [0.05, 0.1) is 35.3 Å². The molecule has 0 fully saturated rings. The number of nitrogens with zero attached hydrogens (tertiary/aromatic N) is 7. The summed E-state index contributed by atoms with van der Waals surface area (Å²) in [6.07, 6.45) is 7.06. The molecule has 3 aromatic heterocycles. The van der Waals surface area contributed by atoms with Crippen molar-refractivity contribution in [2.45, 2.75) is 44.9 Å². The van der Waals surface area contributed by atoms with Crippen LogP contribution in [0.25, 0.3) is 22.3 Å². The third kappa shape index (κ3) is 5.62. The second-order valence-corrected chi connectivity index (χ2v) is 15.2. The SMILES string of the molecule is C[Si](C)(C)CCOCn1ccc2c(-c3cnn(C(CC#N)c4cccc([N+](=O)[O-])c4)c3)ncnc21. The fourth-order valence-corrected chi connectivity index (χ4v) is 4.56. The highest BCUT2D eigenvalue weighted by Gasteiger charge is 2.20. The van der Waals surface area contributed by atoms with Crippen molar-refractivity contribution in [2.24, 2.45) is 0 Å². The van der Waals surface area contributed by atoms with Gasteiger partial charge in [-0.1, -0.05) is 31.8 Å². The number of fused-ring (bicyclic) bond motifs is 1. The van der Waals surface area contributed by atoms with Crippen LogP contribution in [0.15, 0.2) is 55.2 Å². The number of hydrogen-bond donors (Lipinski definition) is 0. The molecule has 0 spiro atoms. The Hall–Kier alpha value is -3.88. The second kappa shape index (κ2) is 10.2. The van der Waals surface area contributed by atoms with E-state index in [0.717, 1.165) is 34.9 Å². The van der Waals surface area contributed by atoms with Crippen molar-refractivity contribution in [1.82, 2.24) is 24.3 Å². The van der Waals surface area contributed by atoms with Crippen LogP contribution in [0.3, 0.4) is 0 Å². The molecule has 0 aliphatic rings. The molecule has 0 amide bonds. The maximum Gasteiger partial charge on any atom is 0.269 e. The van der Waals surface area contributed by atoms with Crippen LogP contribution in [0.4, 0.5) is 5.69 Å². The van der Waals surface area contributed by atoms with Gasteiger partial charge in [-0.15, -0.1) is 0 Å². The molecule has 11 heteroatoms. The van der Waals surface area contributed by atoms with Gasteiger partial charge >= 0.3 is 0 Å². The second-order valence-electron chi connectivity index (χ2n) is 9.53. The lowest BCUT2D eigenvalue weighted by Crippen LogP contribution is -2.22. The summed E-state index contributed by atoms with van der Waals surface area (Å²) < 4.78 is 9.50. The molecule has 1 unspecified atom stereocenters. The van der Waals surface area contributed by atoms with Gasteiger partial charge in [-0.05, 0) is 17.7 Å². The average molecular weight is 490 g/mol. The van der Waals surface area contributed by atoms with Gasteiger partial charge in [0.25, 0.3) is 5.69 Å². The normalized spacial score (nSPS) is 12.5. The molecule has 4 rings (SSSR count). The van der Waals surface area contributed by atoms with Crippen LogP contribution in [0.5, 0.6) is 0 Å². The molecule has 4 aromatic rings. The lowest BCUT2D eigenvalue weighted by atomic mass is 10.0. The maximum atomic E-state index is 11.2. The van der Waals surface area contributed by atoms with Gasteiger partial charge in [0.2, 0.25) is 0 Å². The number of aromatic nitrogens is 5. The van der Waals surface area contributed by atoms with Crippen molar-refractivity contribution < 1.29 is 9.66 Å². The number of nitriles is 1. The number of non-ortho nitro benzene ring substituents is 1. The van der Waals surface area contributed by atoms with Gasteiger partial charge in [0, 0.05) is 50.2 Å². The maximum absolute atomic E-state index is 11.2. The quantitative estimate of drug-likeness (QED) is 0.133. The van der Waals surface area contributed by atoms with Crippen LogP contribution >= 0.6 is 0 Å². The van der Waals surface area contributed by atoms with E-state index in [-0.39, 0.29) is 12.1 Å². The molecule has 0 aliphatic heterocycles. The zero-order valence-electron chi connectivity index (χ0n) is 20.0. The first-order valence-corrected chi connectivity index (χ1v) is 15.0. The summed E-state index contributed by atoms with van der Waals surface area (Å²) in [5, 5.41) is 25.9. The Labute approximate surface area is 204 Å². The zero-order chi connectivity index (χ0) is 25.0. The van der Waals surface area contributed by atoms with E-state index in [2.05, 4.69) is 40.8 Å². The Bertz CT molecular complexity index is 1380. The smallest absolute Gasteiger partial charge is 0.269 e. The highest BCUT2D eigenvalue weighted by atomic mass is 28.3. The number of nitro groups is 1. The molecule has 180 valence electrons. The van der Waals surface area contributed by atoms with Crippen LogP contribution < -0.4 is 0 Å². The molecule has 1 aromatic carbocycles. The highest BCUT2D eigenvalue weighted by molar-refractivity contribution is 6.76. The lowest BCUT2D eigenvalue weighted by molar-refractivity contribution is -0.384. The summed E-state index contributed by atoms with van der Waals surface area (Å²) in [5.74, 6) is 0. The summed E-state index contributed by atoms with van der Waals surface area (Å²) in [6, 6.07) is 11.0. The van der Waals surface area contributed by atoms with Gasteiger partial charge in [0.15, 0.2) is 0 Å². The fourth-order valence-electron chi connectivity index (χ4n) is 3.81. The third-order valence-corrected chi connectivity index (χ3v) is 7.43. The van der Waals surface area contributed by atoms with Crippen molar-refractivity contribution in [3.8, 4) is 17.3 Å². The van der Waals surface area contributed by atoms with Crippen LogP contribution in [-0.4, -0.2) is 43.9 Å². The van der Waals surface area contributed by atoms with Gasteiger partial charge in [-0.3, -0.25) is 14.8 Å². The molecule has 10 nitrogen and oxygen atoms in total. The lowest BCUT2D eigenvalue weighted by Gasteiger charge is -2.15. The average Bonchev–Trinajstić information content (AvgIpc) is 3.47. The molecule has 0 aliphatic carbocycles. The van der Waals surface area contributed by atoms with Gasteiger partial charge in [-0.25, -0.2) is 9.97 Å². The van der Waals surface area contributed by atoms with Crippen molar-refractivity contribution in [3.05, 3.63) is 70.9 Å². The summed E-state index contributed by atoms with van der Waals surface area (Å²) >= 11 is 0. The van der Waals surface area contributed by atoms with Crippen molar-refractivity contribution in [2.75, 3.05) is 6.61 Å². The van der Waals surface area contributed by atoms with E-state index in [1.54, 1.807) is 23.0 Å². The first kappa shape index (κ1) is 24.2. The topological polar surface area (TPSA) is 125 Å². The van der Waals surface area contributed by atoms with E-state index in [4.69, 9.17) is 4.74 Å². The van der Waals surface area contributed by atoms with Gasteiger partial charge in [0.1, 0.15) is 18.7 Å². The third-order valence-electron chi connectivity index (χ3n) is 5.73. The molecule has 0 N–H and O–H groups in total. The van der Waals surface area contributed by atoms with E-state index in [1.165, 1.54) is 18.5 Å². The predicted molar refractivity (Wildman–Crippen MR) is 134 cm³/mol. The summed E-state index contributed by atoms with van der Waals surface area (Å²) in [7, 11) is -1.16. The zero-order valence-corrected chi connectivity index (χ0v) is 21.0.